The maximum absolute atomic E-state index is 13.0. The maximum Gasteiger partial charge on any atom is 0.241 e. The van der Waals surface area contributed by atoms with Crippen LogP contribution in [0.3, 0.4) is 0 Å². The Morgan fingerprint density at radius 1 is 1.23 bits per heavy atom. The zero-order valence-electron chi connectivity index (χ0n) is 13.8. The quantitative estimate of drug-likeness (QED) is 0.617. The summed E-state index contributed by atoms with van der Waals surface area (Å²) in [6, 6.07) is 11.0. The molecule has 1 aromatic carbocycles. The van der Waals surface area contributed by atoms with Gasteiger partial charge in [0.05, 0.1) is 18.4 Å². The molecule has 3 aromatic rings. The van der Waals surface area contributed by atoms with Crippen molar-refractivity contribution < 1.29 is 13.9 Å². The maximum atomic E-state index is 13.0. The summed E-state index contributed by atoms with van der Waals surface area (Å²) in [4.78, 5) is 16.1. The van der Waals surface area contributed by atoms with Crippen molar-refractivity contribution in [1.29, 1.82) is 0 Å². The number of nitrogens with two attached hydrogens (primary N) is 1. The molecular weight excluding hydrogens is 339 g/mol. The third-order valence-electron chi connectivity index (χ3n) is 3.37. The number of halogens is 1. The first-order valence-corrected chi connectivity index (χ1v) is 7.88. The smallest absolute Gasteiger partial charge is 0.241 e. The van der Waals surface area contributed by atoms with Crippen LogP contribution in [-0.2, 0) is 11.3 Å². The van der Waals surface area contributed by atoms with Gasteiger partial charge in [-0.1, -0.05) is 17.3 Å². The molecule has 9 heteroatoms. The number of amides is 1. The van der Waals surface area contributed by atoms with E-state index in [0.29, 0.717) is 23.0 Å². The topological polar surface area (TPSA) is 108 Å². The van der Waals surface area contributed by atoms with Gasteiger partial charge in [-0.2, -0.15) is 0 Å². The lowest BCUT2D eigenvalue weighted by molar-refractivity contribution is -0.121. The van der Waals surface area contributed by atoms with Crippen molar-refractivity contribution in [3.05, 3.63) is 54.5 Å². The molecule has 3 rings (SSSR count). The van der Waals surface area contributed by atoms with E-state index in [-0.39, 0.29) is 31.4 Å². The van der Waals surface area contributed by atoms with Crippen LogP contribution >= 0.6 is 0 Å². The van der Waals surface area contributed by atoms with E-state index < -0.39 is 0 Å². The molecule has 0 spiro atoms. The van der Waals surface area contributed by atoms with E-state index in [4.69, 9.17) is 10.5 Å². The van der Waals surface area contributed by atoms with Crippen molar-refractivity contribution in [1.82, 2.24) is 25.3 Å². The standard InChI is InChI=1S/C17H17FN6O2/c18-12-3-1-4-13(9-12)26-8-7-20-17(25)11-24-10-15(22-23-24)14-5-2-6-16(19)21-14/h1-6,9-10H,7-8,11H2,(H2,19,21)(H,20,25). The highest BCUT2D eigenvalue weighted by molar-refractivity contribution is 5.75. The molecule has 0 radical (unpaired) electrons. The minimum absolute atomic E-state index is 0.00921. The zero-order valence-corrected chi connectivity index (χ0v) is 13.8. The zero-order chi connectivity index (χ0) is 18.4. The second kappa shape index (κ2) is 8.06. The first kappa shape index (κ1) is 17.3. The van der Waals surface area contributed by atoms with Crippen LogP contribution in [0.2, 0.25) is 0 Å². The van der Waals surface area contributed by atoms with Gasteiger partial charge in [0.2, 0.25) is 5.91 Å². The lowest BCUT2D eigenvalue weighted by Crippen LogP contribution is -2.31. The van der Waals surface area contributed by atoms with Crippen LogP contribution in [0.25, 0.3) is 11.4 Å². The van der Waals surface area contributed by atoms with Crippen molar-refractivity contribution in [2.75, 3.05) is 18.9 Å². The fourth-order valence-electron chi connectivity index (χ4n) is 2.21. The number of benzene rings is 1. The molecule has 0 atom stereocenters. The number of pyridine rings is 1. The van der Waals surface area contributed by atoms with Gasteiger partial charge in [0.25, 0.3) is 0 Å². The Morgan fingerprint density at radius 2 is 2.08 bits per heavy atom. The van der Waals surface area contributed by atoms with Crippen LogP contribution in [0.1, 0.15) is 0 Å². The third-order valence-corrected chi connectivity index (χ3v) is 3.37. The molecule has 3 N–H and O–H groups in total. The van der Waals surface area contributed by atoms with Crippen molar-refractivity contribution in [2.24, 2.45) is 0 Å². The summed E-state index contributed by atoms with van der Waals surface area (Å²) in [5, 5.41) is 10.6. The van der Waals surface area contributed by atoms with Gasteiger partial charge in [0.15, 0.2) is 0 Å². The molecule has 0 fully saturated rings. The van der Waals surface area contributed by atoms with Gasteiger partial charge >= 0.3 is 0 Å². The van der Waals surface area contributed by atoms with Crippen molar-refractivity contribution >= 4 is 11.7 Å². The number of nitrogens with one attached hydrogen (secondary N) is 1. The molecule has 2 heterocycles. The number of anilines is 1. The summed E-state index contributed by atoms with van der Waals surface area (Å²) in [6.07, 6.45) is 1.62. The van der Waals surface area contributed by atoms with Gasteiger partial charge in [0, 0.05) is 6.07 Å². The van der Waals surface area contributed by atoms with E-state index in [1.807, 2.05) is 0 Å². The highest BCUT2D eigenvalue weighted by Gasteiger charge is 2.08. The minimum atomic E-state index is -0.372. The predicted molar refractivity (Wildman–Crippen MR) is 92.6 cm³/mol. The summed E-state index contributed by atoms with van der Waals surface area (Å²) in [5.74, 6) is 0.177. The van der Waals surface area contributed by atoms with Crippen LogP contribution in [0.15, 0.2) is 48.7 Å². The van der Waals surface area contributed by atoms with Gasteiger partial charge in [-0.25, -0.2) is 14.1 Å². The molecule has 0 bridgehead atoms. The molecule has 8 nitrogen and oxygen atoms in total. The second-order valence-corrected chi connectivity index (χ2v) is 5.40. The largest absolute Gasteiger partial charge is 0.492 e. The second-order valence-electron chi connectivity index (χ2n) is 5.40. The van der Waals surface area contributed by atoms with E-state index in [0.717, 1.165) is 0 Å². The molecular formula is C17H17FN6O2. The first-order chi connectivity index (χ1) is 12.6. The Bertz CT molecular complexity index is 898. The fraction of sp³-hybridized carbons (Fsp3) is 0.176. The molecule has 0 unspecified atom stereocenters. The van der Waals surface area contributed by atoms with E-state index >= 15 is 0 Å². The molecule has 0 aliphatic heterocycles. The van der Waals surface area contributed by atoms with Gasteiger partial charge in [-0.05, 0) is 24.3 Å². The number of carbonyl (C=O) groups excluding carboxylic acids is 1. The van der Waals surface area contributed by atoms with E-state index in [1.54, 1.807) is 36.5 Å². The monoisotopic (exact) mass is 356 g/mol. The minimum Gasteiger partial charge on any atom is -0.492 e. The lowest BCUT2D eigenvalue weighted by Gasteiger charge is -2.07. The van der Waals surface area contributed by atoms with Gasteiger partial charge < -0.3 is 15.8 Å². The Labute approximate surface area is 148 Å². The number of hydrogen-bond donors (Lipinski definition) is 2. The summed E-state index contributed by atoms with van der Waals surface area (Å²) in [7, 11) is 0. The van der Waals surface area contributed by atoms with Gasteiger partial charge in [-0.3, -0.25) is 4.79 Å². The lowest BCUT2D eigenvalue weighted by atomic mass is 10.3. The van der Waals surface area contributed by atoms with Crippen molar-refractivity contribution in [3.63, 3.8) is 0 Å². The highest BCUT2D eigenvalue weighted by atomic mass is 19.1. The molecule has 0 saturated heterocycles. The van der Waals surface area contributed by atoms with E-state index in [2.05, 4.69) is 20.6 Å². The number of aromatic nitrogens is 4. The third kappa shape index (κ3) is 4.76. The molecule has 2 aromatic heterocycles. The molecule has 134 valence electrons. The Hall–Kier alpha value is -3.49. The number of ether oxygens (including phenoxy) is 1. The van der Waals surface area contributed by atoms with E-state index in [9.17, 15) is 9.18 Å². The van der Waals surface area contributed by atoms with Crippen LogP contribution < -0.4 is 15.8 Å². The van der Waals surface area contributed by atoms with Gasteiger partial charge in [0.1, 0.15) is 36.2 Å². The molecule has 0 saturated carbocycles. The number of nitrogen functional groups attached to an aromatic ring is 1. The number of nitrogens with zero attached hydrogens (tertiary/aromatic N) is 4. The summed E-state index contributed by atoms with van der Waals surface area (Å²) in [6.45, 7) is 0.522. The summed E-state index contributed by atoms with van der Waals surface area (Å²) in [5.41, 5.74) is 6.75. The summed E-state index contributed by atoms with van der Waals surface area (Å²) < 4.78 is 19.8. The fourth-order valence-corrected chi connectivity index (χ4v) is 2.21. The number of rotatable bonds is 7. The first-order valence-electron chi connectivity index (χ1n) is 7.88. The number of carbonyl (C=O) groups is 1. The highest BCUT2D eigenvalue weighted by Crippen LogP contribution is 2.14. The molecule has 1 amide bonds. The van der Waals surface area contributed by atoms with E-state index in [1.165, 1.54) is 16.8 Å². The predicted octanol–water partition coefficient (Wildman–Crippen LogP) is 1.26. The Kier molecular flexibility index (Phi) is 5.37. The Morgan fingerprint density at radius 3 is 2.88 bits per heavy atom. The van der Waals surface area contributed by atoms with Crippen molar-refractivity contribution in [3.8, 4) is 17.1 Å². The van der Waals surface area contributed by atoms with Crippen LogP contribution in [0.5, 0.6) is 5.75 Å². The molecule has 0 aliphatic carbocycles. The normalized spacial score (nSPS) is 10.5. The van der Waals surface area contributed by atoms with Crippen LogP contribution in [0.4, 0.5) is 10.2 Å². The van der Waals surface area contributed by atoms with Crippen LogP contribution in [0, 0.1) is 5.82 Å². The van der Waals surface area contributed by atoms with Crippen LogP contribution in [-0.4, -0.2) is 39.0 Å². The molecule has 26 heavy (non-hydrogen) atoms. The number of hydrogen-bond acceptors (Lipinski definition) is 6. The Balaban J connectivity index is 1.45. The average molecular weight is 356 g/mol. The summed E-state index contributed by atoms with van der Waals surface area (Å²) >= 11 is 0. The van der Waals surface area contributed by atoms with Crippen molar-refractivity contribution in [2.45, 2.75) is 6.54 Å². The SMILES string of the molecule is Nc1cccc(-c2cn(CC(=O)NCCOc3cccc(F)c3)nn2)n1. The average Bonchev–Trinajstić information content (AvgIpc) is 3.07. The van der Waals surface area contributed by atoms with Gasteiger partial charge in [-0.15, -0.1) is 5.10 Å². The molecule has 0 aliphatic rings.